The van der Waals surface area contributed by atoms with Gasteiger partial charge < -0.3 is 9.47 Å². The number of hydrogen-bond donors (Lipinski definition) is 0. The zero-order valence-electron chi connectivity index (χ0n) is 16.3. The molecule has 0 saturated carbocycles. The van der Waals surface area contributed by atoms with Gasteiger partial charge in [0.2, 0.25) is 5.91 Å². The van der Waals surface area contributed by atoms with Gasteiger partial charge in [-0.25, -0.2) is 9.79 Å². The van der Waals surface area contributed by atoms with Gasteiger partial charge in [0.05, 0.1) is 34.1 Å². The molecule has 29 heavy (non-hydrogen) atoms. The normalized spacial score (nSPS) is 21.1. The van der Waals surface area contributed by atoms with E-state index in [1.165, 1.54) is 42.0 Å². The van der Waals surface area contributed by atoms with Crippen LogP contribution in [-0.2, 0) is 19.1 Å². The lowest BCUT2D eigenvalue weighted by Gasteiger charge is -2.33. The molecule has 2 aliphatic heterocycles. The molecule has 1 fully saturated rings. The molecule has 0 bridgehead atoms. The highest BCUT2D eigenvalue weighted by Crippen LogP contribution is 2.44. The summed E-state index contributed by atoms with van der Waals surface area (Å²) in [5, 5.41) is 11.4. The molecule has 9 nitrogen and oxygen atoms in total. The number of carbonyl (C=O) groups excluding carboxylic acids is 2. The van der Waals surface area contributed by atoms with Crippen molar-refractivity contribution in [3.8, 4) is 0 Å². The Labute approximate surface area is 171 Å². The van der Waals surface area contributed by atoms with Crippen LogP contribution in [-0.4, -0.2) is 52.4 Å². The van der Waals surface area contributed by atoms with Crippen molar-refractivity contribution in [3.05, 3.63) is 51.2 Å². The molecule has 10 heteroatoms. The molecule has 2 unspecified atom stereocenters. The zero-order valence-corrected chi connectivity index (χ0v) is 17.1. The van der Waals surface area contributed by atoms with Gasteiger partial charge in [0, 0.05) is 19.2 Å². The molecule has 0 N–H and O–H groups in total. The Hall–Kier alpha value is -2.72. The summed E-state index contributed by atoms with van der Waals surface area (Å²) in [5.41, 5.74) is 0.946. The SMILES string of the molecule is CCC1SC2=NC(C)=C(C(=O)OCCOC)C(c3cccc([N+](=O)[O-])c3)N2C1=O. The number of hydrogen-bond acceptors (Lipinski definition) is 8. The van der Waals surface area contributed by atoms with Crippen LogP contribution in [0.4, 0.5) is 5.69 Å². The van der Waals surface area contributed by atoms with E-state index in [0.717, 1.165) is 0 Å². The first kappa shape index (κ1) is 21.0. The van der Waals surface area contributed by atoms with Crippen LogP contribution < -0.4 is 0 Å². The van der Waals surface area contributed by atoms with Crippen LogP contribution >= 0.6 is 11.8 Å². The molecule has 154 valence electrons. The van der Waals surface area contributed by atoms with E-state index in [2.05, 4.69) is 4.99 Å². The van der Waals surface area contributed by atoms with E-state index in [9.17, 15) is 19.7 Å². The van der Waals surface area contributed by atoms with Crippen molar-refractivity contribution in [1.29, 1.82) is 0 Å². The van der Waals surface area contributed by atoms with Crippen LogP contribution in [0.2, 0.25) is 0 Å². The number of thioether (sulfide) groups is 1. The molecule has 3 rings (SSSR count). The smallest absolute Gasteiger partial charge is 0.338 e. The van der Waals surface area contributed by atoms with E-state index in [1.807, 2.05) is 6.92 Å². The Morgan fingerprint density at radius 3 is 2.79 bits per heavy atom. The number of methoxy groups -OCH3 is 1. The van der Waals surface area contributed by atoms with Crippen LogP contribution in [0.1, 0.15) is 31.9 Å². The second kappa shape index (κ2) is 8.75. The van der Waals surface area contributed by atoms with Crippen molar-refractivity contribution in [2.75, 3.05) is 20.3 Å². The van der Waals surface area contributed by atoms with E-state index in [1.54, 1.807) is 13.0 Å². The Morgan fingerprint density at radius 1 is 1.38 bits per heavy atom. The number of allylic oxidation sites excluding steroid dienone is 1. The third kappa shape index (κ3) is 4.03. The van der Waals surface area contributed by atoms with Gasteiger partial charge in [-0.2, -0.15) is 0 Å². The molecule has 2 aliphatic rings. The van der Waals surface area contributed by atoms with Gasteiger partial charge >= 0.3 is 5.97 Å². The lowest BCUT2D eigenvalue weighted by molar-refractivity contribution is -0.384. The summed E-state index contributed by atoms with van der Waals surface area (Å²) < 4.78 is 10.2. The van der Waals surface area contributed by atoms with Crippen molar-refractivity contribution >= 4 is 34.5 Å². The van der Waals surface area contributed by atoms with Crippen LogP contribution in [0.3, 0.4) is 0 Å². The molecule has 2 atom stereocenters. The van der Waals surface area contributed by atoms with Crippen LogP contribution in [0.15, 0.2) is 40.5 Å². The Bertz CT molecular complexity index is 913. The molecule has 1 aromatic rings. The third-order valence-corrected chi connectivity index (χ3v) is 5.98. The minimum Gasteiger partial charge on any atom is -0.460 e. The fraction of sp³-hybridized carbons (Fsp3) is 0.421. The van der Waals surface area contributed by atoms with E-state index in [4.69, 9.17) is 9.47 Å². The first-order valence-electron chi connectivity index (χ1n) is 9.08. The third-order valence-electron chi connectivity index (χ3n) is 4.66. The minimum atomic E-state index is -0.839. The number of aliphatic imine (C=N–C) groups is 1. The number of esters is 1. The Kier molecular flexibility index (Phi) is 6.33. The van der Waals surface area contributed by atoms with Gasteiger partial charge in [-0.15, -0.1) is 0 Å². The lowest BCUT2D eigenvalue weighted by atomic mass is 9.94. The van der Waals surface area contributed by atoms with Gasteiger partial charge in [0.15, 0.2) is 5.17 Å². The topological polar surface area (TPSA) is 111 Å². The summed E-state index contributed by atoms with van der Waals surface area (Å²) in [6.45, 7) is 3.85. The number of non-ortho nitro benzene ring substituents is 1. The largest absolute Gasteiger partial charge is 0.460 e. The number of amides is 1. The van der Waals surface area contributed by atoms with Gasteiger partial charge in [0.25, 0.3) is 5.69 Å². The highest BCUT2D eigenvalue weighted by Gasteiger charge is 2.47. The summed E-state index contributed by atoms with van der Waals surface area (Å²) >= 11 is 1.34. The van der Waals surface area contributed by atoms with Crippen molar-refractivity contribution in [2.45, 2.75) is 31.6 Å². The highest BCUT2D eigenvalue weighted by molar-refractivity contribution is 8.15. The maximum Gasteiger partial charge on any atom is 0.338 e. The Balaban J connectivity index is 2.09. The quantitative estimate of drug-likeness (QED) is 0.289. The fourth-order valence-corrected chi connectivity index (χ4v) is 4.40. The van der Waals surface area contributed by atoms with Gasteiger partial charge in [-0.05, 0) is 18.9 Å². The summed E-state index contributed by atoms with van der Waals surface area (Å²) in [6.07, 6.45) is 0.605. The molecule has 2 heterocycles. The van der Waals surface area contributed by atoms with E-state index in [0.29, 0.717) is 22.8 Å². The lowest BCUT2D eigenvalue weighted by Crippen LogP contribution is -2.41. The molecule has 1 saturated heterocycles. The monoisotopic (exact) mass is 419 g/mol. The molecular weight excluding hydrogens is 398 g/mol. The van der Waals surface area contributed by atoms with E-state index < -0.39 is 16.9 Å². The van der Waals surface area contributed by atoms with Crippen molar-refractivity contribution in [1.82, 2.24) is 4.90 Å². The Morgan fingerprint density at radius 2 is 2.14 bits per heavy atom. The molecule has 0 aliphatic carbocycles. The molecule has 0 radical (unpaired) electrons. The maximum absolute atomic E-state index is 13.0. The number of rotatable bonds is 7. The van der Waals surface area contributed by atoms with Gasteiger partial charge in [0.1, 0.15) is 6.61 Å². The van der Waals surface area contributed by atoms with Crippen LogP contribution in [0.5, 0.6) is 0 Å². The second-order valence-electron chi connectivity index (χ2n) is 6.50. The number of carbonyl (C=O) groups is 2. The number of nitro groups is 1. The molecule has 1 aromatic carbocycles. The first-order valence-corrected chi connectivity index (χ1v) is 9.96. The predicted octanol–water partition coefficient (Wildman–Crippen LogP) is 2.82. The highest BCUT2D eigenvalue weighted by atomic mass is 32.2. The number of nitrogens with zero attached hydrogens (tertiary/aromatic N) is 3. The van der Waals surface area contributed by atoms with Crippen molar-refractivity contribution < 1.29 is 24.0 Å². The first-order chi connectivity index (χ1) is 13.9. The van der Waals surface area contributed by atoms with E-state index in [-0.39, 0.29) is 35.6 Å². The molecule has 0 aromatic heterocycles. The number of nitro benzene ring substituents is 1. The van der Waals surface area contributed by atoms with Crippen LogP contribution in [0.25, 0.3) is 0 Å². The van der Waals surface area contributed by atoms with Crippen LogP contribution in [0, 0.1) is 10.1 Å². The number of amidine groups is 1. The predicted molar refractivity (Wildman–Crippen MR) is 107 cm³/mol. The average Bonchev–Trinajstić information content (AvgIpc) is 3.02. The maximum atomic E-state index is 13.0. The number of fused-ring (bicyclic) bond motifs is 1. The minimum absolute atomic E-state index is 0.0463. The average molecular weight is 419 g/mol. The van der Waals surface area contributed by atoms with Gasteiger partial charge in [-0.3, -0.25) is 19.8 Å². The summed E-state index contributed by atoms with van der Waals surface area (Å²) in [5.74, 6) is -0.806. The second-order valence-corrected chi connectivity index (χ2v) is 7.67. The number of benzene rings is 1. The molecular formula is C19H21N3O6S. The molecule has 0 spiro atoms. The van der Waals surface area contributed by atoms with Gasteiger partial charge in [-0.1, -0.05) is 30.8 Å². The zero-order chi connectivity index (χ0) is 21.1. The van der Waals surface area contributed by atoms with Crippen molar-refractivity contribution in [3.63, 3.8) is 0 Å². The number of ether oxygens (including phenoxy) is 2. The van der Waals surface area contributed by atoms with Crippen molar-refractivity contribution in [2.24, 2.45) is 4.99 Å². The summed E-state index contributed by atoms with van der Waals surface area (Å²) in [7, 11) is 1.49. The summed E-state index contributed by atoms with van der Waals surface area (Å²) in [4.78, 5) is 42.5. The summed E-state index contributed by atoms with van der Waals surface area (Å²) in [6, 6.07) is 5.10. The molecule has 1 amide bonds. The fourth-order valence-electron chi connectivity index (χ4n) is 3.27. The standard InChI is InChI=1S/C19H21N3O6S/c1-4-14-17(23)21-16(12-6-5-7-13(10-12)22(25)26)15(11(2)20-19(21)29-14)18(24)28-9-8-27-3/h5-7,10,14,16H,4,8-9H2,1-3H3. The van der Waals surface area contributed by atoms with E-state index >= 15 is 0 Å².